The molecule has 3 aromatic rings. The minimum absolute atomic E-state index is 0.503. The molecule has 0 aliphatic rings. The number of benzene rings is 2. The van der Waals surface area contributed by atoms with Gasteiger partial charge in [0.2, 0.25) is 5.82 Å². The van der Waals surface area contributed by atoms with Gasteiger partial charge in [-0.25, -0.2) is 0 Å². The Hall–Kier alpha value is -2.33. The van der Waals surface area contributed by atoms with Crippen molar-refractivity contribution in [2.75, 3.05) is 6.61 Å². The minimum Gasteiger partial charge on any atom is -0.492 e. The molecule has 0 spiro atoms. The summed E-state index contributed by atoms with van der Waals surface area (Å²) in [6.07, 6.45) is 2.19. The zero-order chi connectivity index (χ0) is 18.5. The van der Waals surface area contributed by atoms with Gasteiger partial charge < -0.3 is 9.26 Å². The highest BCUT2D eigenvalue weighted by Crippen LogP contribution is 2.31. The van der Waals surface area contributed by atoms with E-state index in [1.807, 2.05) is 49.4 Å². The Labute approximate surface area is 159 Å². The second-order valence-electron chi connectivity index (χ2n) is 6.38. The normalized spacial score (nSPS) is 11.1. The van der Waals surface area contributed by atoms with Crippen molar-refractivity contribution in [2.45, 2.75) is 33.6 Å². The summed E-state index contributed by atoms with van der Waals surface area (Å²) in [5, 5.41) is 4.64. The quantitative estimate of drug-likeness (QED) is 0.498. The molecule has 1 aromatic heterocycles. The maximum absolute atomic E-state index is 6.39. The predicted octanol–water partition coefficient (Wildman–Crippen LogP) is 6.18. The number of aryl methyl sites for hydroxylation is 1. The summed E-state index contributed by atoms with van der Waals surface area (Å²) in [5.41, 5.74) is 2.82. The summed E-state index contributed by atoms with van der Waals surface area (Å²) in [7, 11) is 0. The Morgan fingerprint density at radius 1 is 1.12 bits per heavy atom. The number of ether oxygens (including phenoxy) is 1. The van der Waals surface area contributed by atoms with Crippen molar-refractivity contribution in [3.8, 4) is 28.6 Å². The second kappa shape index (κ2) is 8.37. The van der Waals surface area contributed by atoms with Crippen LogP contribution in [0.25, 0.3) is 22.8 Å². The molecule has 0 radical (unpaired) electrons. The summed E-state index contributed by atoms with van der Waals surface area (Å²) < 4.78 is 11.3. The van der Waals surface area contributed by atoms with Crippen LogP contribution in [0.1, 0.15) is 32.3 Å². The van der Waals surface area contributed by atoms with Crippen LogP contribution in [0.3, 0.4) is 0 Å². The molecule has 1 heterocycles. The SMILES string of the molecule is CCC(CC)COc1ccc(-c2noc(-c3ccccc3C)n2)cc1Cl. The zero-order valence-electron chi connectivity index (χ0n) is 15.3. The molecule has 0 aliphatic carbocycles. The minimum atomic E-state index is 0.503. The summed E-state index contributed by atoms with van der Waals surface area (Å²) in [6.45, 7) is 7.03. The van der Waals surface area contributed by atoms with E-state index in [1.165, 1.54) is 0 Å². The first-order valence-corrected chi connectivity index (χ1v) is 9.32. The highest BCUT2D eigenvalue weighted by molar-refractivity contribution is 6.32. The monoisotopic (exact) mass is 370 g/mol. The first-order valence-electron chi connectivity index (χ1n) is 8.94. The van der Waals surface area contributed by atoms with Crippen LogP contribution in [0.5, 0.6) is 5.75 Å². The van der Waals surface area contributed by atoms with E-state index < -0.39 is 0 Å². The molecule has 0 aliphatic heterocycles. The maximum Gasteiger partial charge on any atom is 0.258 e. The topological polar surface area (TPSA) is 48.2 Å². The molecule has 0 N–H and O–H groups in total. The molecule has 136 valence electrons. The molecule has 0 fully saturated rings. The Morgan fingerprint density at radius 2 is 1.88 bits per heavy atom. The van der Waals surface area contributed by atoms with Crippen molar-refractivity contribution >= 4 is 11.6 Å². The lowest BCUT2D eigenvalue weighted by Crippen LogP contribution is -2.10. The third kappa shape index (κ3) is 4.07. The zero-order valence-corrected chi connectivity index (χ0v) is 16.1. The van der Waals surface area contributed by atoms with Crippen LogP contribution in [0.4, 0.5) is 0 Å². The average molecular weight is 371 g/mol. The van der Waals surface area contributed by atoms with Crippen molar-refractivity contribution in [3.05, 3.63) is 53.1 Å². The molecular formula is C21H23ClN2O2. The number of halogens is 1. The van der Waals surface area contributed by atoms with Gasteiger partial charge in [0.25, 0.3) is 5.89 Å². The van der Waals surface area contributed by atoms with Crippen LogP contribution in [0.2, 0.25) is 5.02 Å². The summed E-state index contributed by atoms with van der Waals surface area (Å²) >= 11 is 6.39. The molecule has 0 amide bonds. The summed E-state index contributed by atoms with van der Waals surface area (Å²) in [6, 6.07) is 13.5. The van der Waals surface area contributed by atoms with Gasteiger partial charge in [-0.2, -0.15) is 4.98 Å². The van der Waals surface area contributed by atoms with E-state index in [0.717, 1.165) is 29.5 Å². The van der Waals surface area contributed by atoms with Crippen molar-refractivity contribution in [3.63, 3.8) is 0 Å². The molecule has 0 atom stereocenters. The van der Waals surface area contributed by atoms with E-state index >= 15 is 0 Å². The number of aromatic nitrogens is 2. The van der Waals surface area contributed by atoms with Gasteiger partial charge in [-0.1, -0.05) is 61.6 Å². The maximum atomic E-state index is 6.39. The lowest BCUT2D eigenvalue weighted by Gasteiger charge is -2.14. The van der Waals surface area contributed by atoms with Crippen LogP contribution in [-0.4, -0.2) is 16.7 Å². The van der Waals surface area contributed by atoms with Crippen LogP contribution < -0.4 is 4.74 Å². The van der Waals surface area contributed by atoms with Gasteiger partial charge >= 0.3 is 0 Å². The average Bonchev–Trinajstić information content (AvgIpc) is 3.14. The molecule has 0 bridgehead atoms. The van der Waals surface area contributed by atoms with Crippen molar-refractivity contribution < 1.29 is 9.26 Å². The molecule has 26 heavy (non-hydrogen) atoms. The van der Waals surface area contributed by atoms with Gasteiger partial charge in [0, 0.05) is 11.1 Å². The largest absolute Gasteiger partial charge is 0.492 e. The second-order valence-corrected chi connectivity index (χ2v) is 6.78. The highest BCUT2D eigenvalue weighted by Gasteiger charge is 2.14. The van der Waals surface area contributed by atoms with E-state index in [9.17, 15) is 0 Å². The van der Waals surface area contributed by atoms with Crippen molar-refractivity contribution in [1.82, 2.24) is 10.1 Å². The van der Waals surface area contributed by atoms with Gasteiger partial charge in [-0.05, 0) is 42.7 Å². The van der Waals surface area contributed by atoms with E-state index in [1.54, 1.807) is 0 Å². The molecule has 3 rings (SSSR count). The van der Waals surface area contributed by atoms with Gasteiger partial charge in [-0.15, -0.1) is 0 Å². The Bertz CT molecular complexity index is 872. The van der Waals surface area contributed by atoms with Crippen LogP contribution in [0, 0.1) is 12.8 Å². The predicted molar refractivity (Wildman–Crippen MR) is 104 cm³/mol. The van der Waals surface area contributed by atoms with Crippen LogP contribution in [0.15, 0.2) is 47.0 Å². The molecule has 0 saturated heterocycles. The molecule has 2 aromatic carbocycles. The number of hydrogen-bond acceptors (Lipinski definition) is 4. The highest BCUT2D eigenvalue weighted by atomic mass is 35.5. The van der Waals surface area contributed by atoms with E-state index in [0.29, 0.717) is 35.0 Å². The lowest BCUT2D eigenvalue weighted by atomic mass is 10.1. The van der Waals surface area contributed by atoms with Gasteiger partial charge in [0.15, 0.2) is 0 Å². The molecule has 0 unspecified atom stereocenters. The first kappa shape index (κ1) is 18.5. The number of rotatable bonds is 7. The fraction of sp³-hybridized carbons (Fsp3) is 0.333. The Kier molecular flexibility index (Phi) is 5.94. The van der Waals surface area contributed by atoms with E-state index in [4.69, 9.17) is 20.9 Å². The van der Waals surface area contributed by atoms with Crippen molar-refractivity contribution in [1.29, 1.82) is 0 Å². The third-order valence-corrected chi connectivity index (χ3v) is 4.92. The van der Waals surface area contributed by atoms with Gasteiger partial charge in [0.1, 0.15) is 5.75 Å². The Morgan fingerprint density at radius 3 is 2.58 bits per heavy atom. The van der Waals surface area contributed by atoms with Gasteiger partial charge in [0.05, 0.1) is 11.6 Å². The number of hydrogen-bond donors (Lipinski definition) is 0. The first-order chi connectivity index (χ1) is 12.6. The lowest BCUT2D eigenvalue weighted by molar-refractivity contribution is 0.241. The smallest absolute Gasteiger partial charge is 0.258 e. The van der Waals surface area contributed by atoms with E-state index in [-0.39, 0.29) is 0 Å². The molecule has 4 nitrogen and oxygen atoms in total. The summed E-state index contributed by atoms with van der Waals surface area (Å²) in [4.78, 5) is 4.51. The fourth-order valence-corrected chi connectivity index (χ4v) is 2.99. The fourth-order valence-electron chi connectivity index (χ4n) is 2.75. The van der Waals surface area contributed by atoms with Crippen LogP contribution in [-0.2, 0) is 0 Å². The number of nitrogens with zero attached hydrogens (tertiary/aromatic N) is 2. The molecular weight excluding hydrogens is 348 g/mol. The van der Waals surface area contributed by atoms with Crippen LogP contribution >= 0.6 is 11.6 Å². The van der Waals surface area contributed by atoms with E-state index in [2.05, 4.69) is 24.0 Å². The molecule has 0 saturated carbocycles. The molecule has 5 heteroatoms. The van der Waals surface area contributed by atoms with Gasteiger partial charge in [-0.3, -0.25) is 0 Å². The Balaban J connectivity index is 1.79. The van der Waals surface area contributed by atoms with Crippen molar-refractivity contribution in [2.24, 2.45) is 5.92 Å². The summed E-state index contributed by atoms with van der Waals surface area (Å²) in [5.74, 6) is 2.24. The standard InChI is InChI=1S/C21H23ClN2O2/c1-4-15(5-2)13-25-19-11-10-16(12-18(19)22)20-23-21(26-24-20)17-9-7-6-8-14(17)3/h6-12,15H,4-5,13H2,1-3H3. The third-order valence-electron chi connectivity index (χ3n) is 4.62.